The third-order valence-electron chi connectivity index (χ3n) is 2.04. The number of hydrazine groups is 1. The first-order valence-corrected chi connectivity index (χ1v) is 3.88. The van der Waals surface area contributed by atoms with Crippen molar-refractivity contribution in [2.24, 2.45) is 0 Å². The summed E-state index contributed by atoms with van der Waals surface area (Å²) < 4.78 is 0. The number of rotatable bonds is 4. The molecule has 2 N–H and O–H groups in total. The summed E-state index contributed by atoms with van der Waals surface area (Å²) in [4.78, 5) is 29.4. The fraction of sp³-hybridized carbons (Fsp3) is 0.800. The second-order valence-corrected chi connectivity index (χ2v) is 3.08. The molecule has 10 heteroatoms. The molecule has 0 radical (unpaired) electrons. The summed E-state index contributed by atoms with van der Waals surface area (Å²) in [5.41, 5.74) is -0.0410. The average Bonchev–Trinajstić information content (AvgIpc) is 2.48. The van der Waals surface area contributed by atoms with Gasteiger partial charge in [-0.15, -0.1) is 0 Å². The zero-order valence-corrected chi connectivity index (χ0v) is 7.45. The normalized spacial score (nSPS) is 20.0. The van der Waals surface area contributed by atoms with Gasteiger partial charge in [-0.2, -0.15) is 0 Å². The summed E-state index contributed by atoms with van der Waals surface area (Å²) in [6, 6.07) is 0. The number of aliphatic carboxylic acids is 1. The van der Waals surface area contributed by atoms with E-state index in [9.17, 15) is 25.0 Å². The van der Waals surface area contributed by atoms with Crippen LogP contribution in [0.4, 0.5) is 0 Å². The van der Waals surface area contributed by atoms with Crippen molar-refractivity contribution in [3.05, 3.63) is 20.2 Å². The Balaban J connectivity index is 2.77. The molecule has 0 amide bonds. The van der Waals surface area contributed by atoms with Crippen molar-refractivity contribution in [2.75, 3.05) is 19.6 Å². The molecule has 0 aromatic heterocycles. The van der Waals surface area contributed by atoms with Crippen molar-refractivity contribution in [3.63, 3.8) is 0 Å². The predicted octanol–water partition coefficient (Wildman–Crippen LogP) is -1.86. The maximum absolute atomic E-state index is 10.5. The smallest absolute Gasteiger partial charge is 0.480 e. The van der Waals surface area contributed by atoms with Crippen molar-refractivity contribution in [3.8, 4) is 0 Å². The Kier molecular flexibility index (Phi) is 2.81. The zero-order valence-electron chi connectivity index (χ0n) is 7.45. The third-order valence-corrected chi connectivity index (χ3v) is 2.04. The van der Waals surface area contributed by atoms with Crippen molar-refractivity contribution < 1.29 is 19.7 Å². The zero-order chi connectivity index (χ0) is 11.6. The molecule has 0 aliphatic carbocycles. The number of nitrogens with zero attached hydrogens (tertiary/aromatic N) is 3. The number of nitro groups is 2. The lowest BCUT2D eigenvalue weighted by atomic mass is 10.2. The number of hydrogen-bond donors (Lipinski definition) is 2. The largest absolute Gasteiger partial charge is 0.485 e. The van der Waals surface area contributed by atoms with Gasteiger partial charge in [0.2, 0.25) is 0 Å². The van der Waals surface area contributed by atoms with Gasteiger partial charge in [0.25, 0.3) is 0 Å². The maximum atomic E-state index is 10.5. The van der Waals surface area contributed by atoms with Gasteiger partial charge in [0.1, 0.15) is 16.4 Å². The minimum atomic E-state index is -2.35. The van der Waals surface area contributed by atoms with Crippen LogP contribution in [0, 0.1) is 20.2 Å². The van der Waals surface area contributed by atoms with Gasteiger partial charge in [0.15, 0.2) is 13.1 Å². The Labute approximate surface area is 82.7 Å². The molecular formula is C5H8N4O6. The highest BCUT2D eigenvalue weighted by Crippen LogP contribution is 2.17. The van der Waals surface area contributed by atoms with Crippen LogP contribution >= 0.6 is 0 Å². The van der Waals surface area contributed by atoms with E-state index >= 15 is 0 Å². The summed E-state index contributed by atoms with van der Waals surface area (Å²) in [6.45, 7) is -1.61. The molecule has 0 unspecified atom stereocenters. The first-order chi connectivity index (χ1) is 6.88. The van der Waals surface area contributed by atoms with Crippen LogP contribution in [-0.4, -0.2) is 51.2 Å². The standard InChI is InChI=1S/C5H8N4O6/c10-4(11)1-7-3-5(2-6-7,8(12)13)9(14)15/h6H,1-3H2,(H,10,11). The number of hydrogen-bond acceptors (Lipinski definition) is 7. The van der Waals surface area contributed by atoms with Gasteiger partial charge in [-0.05, 0) is 0 Å². The summed E-state index contributed by atoms with van der Waals surface area (Å²) in [5, 5.41) is 30.4. The van der Waals surface area contributed by atoms with Crippen LogP contribution in [0.2, 0.25) is 0 Å². The Morgan fingerprint density at radius 1 is 1.47 bits per heavy atom. The van der Waals surface area contributed by atoms with Gasteiger partial charge in [-0.3, -0.25) is 25.0 Å². The lowest BCUT2D eigenvalue weighted by molar-refractivity contribution is -0.788. The van der Waals surface area contributed by atoms with Crippen LogP contribution in [-0.2, 0) is 4.79 Å². The molecular weight excluding hydrogens is 212 g/mol. The molecule has 0 atom stereocenters. The molecule has 10 nitrogen and oxygen atoms in total. The summed E-state index contributed by atoms with van der Waals surface area (Å²) >= 11 is 0. The van der Waals surface area contributed by atoms with Crippen molar-refractivity contribution in [1.82, 2.24) is 10.4 Å². The Bertz CT molecular complexity index is 303. The summed E-state index contributed by atoms with van der Waals surface area (Å²) in [7, 11) is 0. The van der Waals surface area contributed by atoms with Gasteiger partial charge >= 0.3 is 11.6 Å². The molecule has 0 spiro atoms. The second-order valence-electron chi connectivity index (χ2n) is 3.08. The van der Waals surface area contributed by atoms with Crippen molar-refractivity contribution in [1.29, 1.82) is 0 Å². The van der Waals surface area contributed by atoms with Gasteiger partial charge < -0.3 is 5.11 Å². The molecule has 1 aliphatic heterocycles. The molecule has 84 valence electrons. The van der Waals surface area contributed by atoms with Crippen LogP contribution in [0.5, 0.6) is 0 Å². The van der Waals surface area contributed by atoms with Crippen molar-refractivity contribution >= 4 is 5.97 Å². The van der Waals surface area contributed by atoms with E-state index in [0.717, 1.165) is 5.01 Å². The van der Waals surface area contributed by atoms with E-state index in [0.29, 0.717) is 0 Å². The molecule has 0 aromatic carbocycles. The van der Waals surface area contributed by atoms with E-state index in [1.807, 2.05) is 0 Å². The van der Waals surface area contributed by atoms with E-state index in [-0.39, 0.29) is 0 Å². The summed E-state index contributed by atoms with van der Waals surface area (Å²) in [5.74, 6) is -1.22. The molecule has 1 saturated heterocycles. The Morgan fingerprint density at radius 2 is 2.00 bits per heavy atom. The number of carboxylic acids is 1. The first kappa shape index (κ1) is 11.3. The van der Waals surface area contributed by atoms with Gasteiger partial charge in [0.05, 0.1) is 0 Å². The fourth-order valence-electron chi connectivity index (χ4n) is 1.24. The topological polar surface area (TPSA) is 139 Å². The van der Waals surface area contributed by atoms with E-state index in [1.54, 1.807) is 0 Å². The first-order valence-electron chi connectivity index (χ1n) is 3.88. The highest BCUT2D eigenvalue weighted by molar-refractivity contribution is 5.69. The highest BCUT2D eigenvalue weighted by Gasteiger charge is 2.61. The van der Waals surface area contributed by atoms with Crippen LogP contribution < -0.4 is 5.43 Å². The second kappa shape index (κ2) is 3.74. The highest BCUT2D eigenvalue weighted by atomic mass is 16.7. The molecule has 0 bridgehead atoms. The predicted molar refractivity (Wildman–Crippen MR) is 43.9 cm³/mol. The quantitative estimate of drug-likeness (QED) is 0.319. The van der Waals surface area contributed by atoms with Gasteiger partial charge in [0, 0.05) is 0 Å². The lowest BCUT2D eigenvalue weighted by Crippen LogP contribution is -2.51. The molecule has 1 aliphatic rings. The Hall–Kier alpha value is -1.81. The van der Waals surface area contributed by atoms with Crippen LogP contribution in [0.3, 0.4) is 0 Å². The molecule has 1 heterocycles. The molecule has 0 saturated carbocycles. The van der Waals surface area contributed by atoms with Gasteiger partial charge in [-0.25, -0.2) is 10.4 Å². The molecule has 15 heavy (non-hydrogen) atoms. The fourth-order valence-corrected chi connectivity index (χ4v) is 1.24. The molecule has 1 rings (SSSR count). The Morgan fingerprint density at radius 3 is 2.33 bits per heavy atom. The maximum Gasteiger partial charge on any atom is 0.485 e. The van der Waals surface area contributed by atoms with E-state index in [1.165, 1.54) is 0 Å². The van der Waals surface area contributed by atoms with E-state index in [2.05, 4.69) is 5.43 Å². The van der Waals surface area contributed by atoms with E-state index in [4.69, 9.17) is 5.11 Å². The molecule has 0 aromatic rings. The monoisotopic (exact) mass is 220 g/mol. The number of carbonyl (C=O) groups is 1. The SMILES string of the molecule is O=C(O)CN1CC([N+](=O)[O-])([N+](=O)[O-])CN1. The minimum Gasteiger partial charge on any atom is -0.480 e. The minimum absolute atomic E-state index is 0.514. The van der Waals surface area contributed by atoms with Crippen molar-refractivity contribution in [2.45, 2.75) is 5.66 Å². The van der Waals surface area contributed by atoms with Crippen LogP contribution in [0.25, 0.3) is 0 Å². The third kappa shape index (κ3) is 1.99. The lowest BCUT2D eigenvalue weighted by Gasteiger charge is -2.11. The average molecular weight is 220 g/mol. The van der Waals surface area contributed by atoms with Gasteiger partial charge in [-0.1, -0.05) is 0 Å². The van der Waals surface area contributed by atoms with Crippen LogP contribution in [0.15, 0.2) is 0 Å². The molecule has 1 fully saturated rings. The number of nitrogens with one attached hydrogen (secondary N) is 1. The van der Waals surface area contributed by atoms with E-state index < -0.39 is 41.1 Å². The van der Waals surface area contributed by atoms with Crippen LogP contribution in [0.1, 0.15) is 0 Å². The summed E-state index contributed by atoms with van der Waals surface area (Å²) in [6.07, 6.45) is 0. The number of carboxylic acid groups (broad SMARTS) is 1.